The first kappa shape index (κ1) is 16.0. The van der Waals surface area contributed by atoms with E-state index in [-0.39, 0.29) is 6.04 Å². The summed E-state index contributed by atoms with van der Waals surface area (Å²) in [7, 11) is 0. The van der Waals surface area contributed by atoms with Gasteiger partial charge in [0.15, 0.2) is 5.65 Å². The molecule has 3 heterocycles. The number of nitrogens with zero attached hydrogens (tertiary/aromatic N) is 4. The Balaban J connectivity index is 1.87. The summed E-state index contributed by atoms with van der Waals surface area (Å²) in [6, 6.07) is 0.239. The molecule has 8 heteroatoms. The van der Waals surface area contributed by atoms with Crippen LogP contribution in [-0.2, 0) is 0 Å². The van der Waals surface area contributed by atoms with Crippen LogP contribution in [0.25, 0.3) is 16.1 Å². The minimum Gasteiger partial charge on any atom is -0.383 e. The highest BCUT2D eigenvalue weighted by molar-refractivity contribution is 9.10. The zero-order valence-electron chi connectivity index (χ0n) is 13.4. The average molecular weight is 407 g/mol. The molecule has 126 valence electrons. The molecule has 4 rings (SSSR count). The zero-order valence-corrected chi connectivity index (χ0v) is 15.8. The van der Waals surface area contributed by atoms with E-state index >= 15 is 0 Å². The van der Waals surface area contributed by atoms with Crippen LogP contribution in [0.3, 0.4) is 0 Å². The van der Waals surface area contributed by atoms with E-state index in [1.165, 1.54) is 0 Å². The van der Waals surface area contributed by atoms with Crippen LogP contribution in [0.15, 0.2) is 16.9 Å². The molecule has 0 spiro atoms. The summed E-state index contributed by atoms with van der Waals surface area (Å²) in [6.07, 6.45) is 7.94. The second-order valence-electron chi connectivity index (χ2n) is 6.36. The van der Waals surface area contributed by atoms with Crippen molar-refractivity contribution < 1.29 is 0 Å². The Morgan fingerprint density at radius 1 is 1.33 bits per heavy atom. The van der Waals surface area contributed by atoms with E-state index in [0.29, 0.717) is 11.7 Å². The van der Waals surface area contributed by atoms with Gasteiger partial charge in [0.2, 0.25) is 0 Å². The van der Waals surface area contributed by atoms with Crippen LogP contribution in [0.2, 0.25) is 0 Å². The van der Waals surface area contributed by atoms with Crippen molar-refractivity contribution in [3.63, 3.8) is 0 Å². The number of hydrogen-bond donors (Lipinski definition) is 2. The number of fused-ring (bicyclic) bond motifs is 1. The molecule has 24 heavy (non-hydrogen) atoms. The van der Waals surface area contributed by atoms with Gasteiger partial charge in [0, 0.05) is 18.2 Å². The third-order valence-corrected chi connectivity index (χ3v) is 6.39. The first-order valence-corrected chi connectivity index (χ1v) is 9.66. The minimum atomic E-state index is 0.239. The number of nitrogens with two attached hydrogens (primary N) is 2. The number of rotatable bonds is 2. The van der Waals surface area contributed by atoms with Crippen LogP contribution >= 0.6 is 27.3 Å². The predicted octanol–water partition coefficient (Wildman–Crippen LogP) is 3.49. The smallest absolute Gasteiger partial charge is 0.166 e. The first-order chi connectivity index (χ1) is 11.5. The first-order valence-electron chi connectivity index (χ1n) is 8.05. The van der Waals surface area contributed by atoms with E-state index in [9.17, 15) is 0 Å². The number of hydrogen-bond acceptors (Lipinski definition) is 6. The van der Waals surface area contributed by atoms with Crippen LogP contribution in [0.4, 0.5) is 5.82 Å². The van der Waals surface area contributed by atoms with Crippen molar-refractivity contribution in [2.45, 2.75) is 44.6 Å². The fraction of sp³-hybridized carbons (Fsp3) is 0.438. The molecule has 0 amide bonds. The topological polar surface area (TPSA) is 95.1 Å². The van der Waals surface area contributed by atoms with Crippen LogP contribution < -0.4 is 11.5 Å². The van der Waals surface area contributed by atoms with Crippen LogP contribution in [0, 0.1) is 6.92 Å². The fourth-order valence-corrected chi connectivity index (χ4v) is 4.78. The molecule has 0 aliphatic heterocycles. The van der Waals surface area contributed by atoms with Crippen LogP contribution in [0.1, 0.15) is 42.3 Å². The molecule has 1 aliphatic rings. The molecule has 6 nitrogen and oxygen atoms in total. The third kappa shape index (κ3) is 2.62. The summed E-state index contributed by atoms with van der Waals surface area (Å²) < 4.78 is 2.53. The summed E-state index contributed by atoms with van der Waals surface area (Å²) >= 11 is 5.26. The second kappa shape index (κ2) is 6.09. The fourth-order valence-electron chi connectivity index (χ4n) is 3.42. The quantitative estimate of drug-likeness (QED) is 0.678. The van der Waals surface area contributed by atoms with Gasteiger partial charge in [-0.25, -0.2) is 9.97 Å². The molecule has 1 fully saturated rings. The van der Waals surface area contributed by atoms with Gasteiger partial charge in [-0.3, -0.25) is 0 Å². The lowest BCUT2D eigenvalue weighted by molar-refractivity contribution is 0.387. The van der Waals surface area contributed by atoms with Gasteiger partial charge in [0.05, 0.1) is 31.8 Å². The lowest BCUT2D eigenvalue weighted by Gasteiger charge is -2.27. The summed E-state index contributed by atoms with van der Waals surface area (Å²) in [4.78, 5) is 10.3. The number of aryl methyl sites for hydroxylation is 1. The predicted molar refractivity (Wildman–Crippen MR) is 100 cm³/mol. The van der Waals surface area contributed by atoms with Gasteiger partial charge in [-0.05, 0) is 42.1 Å². The second-order valence-corrected chi connectivity index (χ2v) is 8.38. The van der Waals surface area contributed by atoms with E-state index in [2.05, 4.69) is 26.0 Å². The molecule has 3 aromatic heterocycles. The Kier molecular flexibility index (Phi) is 4.06. The lowest BCUT2D eigenvalue weighted by atomic mass is 9.84. The van der Waals surface area contributed by atoms with Gasteiger partial charge in [-0.1, -0.05) is 6.42 Å². The molecule has 1 aliphatic carbocycles. The summed E-state index contributed by atoms with van der Waals surface area (Å²) in [5.41, 5.74) is 15.3. The largest absolute Gasteiger partial charge is 0.383 e. The maximum atomic E-state index is 6.33. The number of aromatic nitrogens is 4. The van der Waals surface area contributed by atoms with Crippen molar-refractivity contribution in [1.82, 2.24) is 19.6 Å². The standard InChI is InChI=1S/C16H19BrN6S/c1-8-20-7-12(24-8)11-6-21-23-15(19)13(17)14(22-16(11)23)9-3-2-4-10(18)5-9/h6-7,9-10H,2-5,18-19H2,1H3/t9?,10-/m0/s1. The Labute approximate surface area is 152 Å². The number of anilines is 1. The van der Waals surface area contributed by atoms with Crippen molar-refractivity contribution >= 4 is 38.7 Å². The molecule has 1 unspecified atom stereocenters. The number of nitrogen functional groups attached to an aromatic ring is 1. The molecule has 0 saturated heterocycles. The minimum absolute atomic E-state index is 0.239. The highest BCUT2D eigenvalue weighted by Crippen LogP contribution is 2.39. The Morgan fingerprint density at radius 3 is 2.88 bits per heavy atom. The van der Waals surface area contributed by atoms with E-state index in [0.717, 1.165) is 56.9 Å². The molecule has 0 bridgehead atoms. The van der Waals surface area contributed by atoms with E-state index in [4.69, 9.17) is 16.5 Å². The van der Waals surface area contributed by atoms with Crippen molar-refractivity contribution in [2.75, 3.05) is 5.73 Å². The number of halogens is 1. The molecular weight excluding hydrogens is 388 g/mol. The summed E-state index contributed by atoms with van der Waals surface area (Å²) in [6.45, 7) is 1.99. The molecule has 4 N–H and O–H groups in total. The summed E-state index contributed by atoms with van der Waals surface area (Å²) in [5.74, 6) is 0.919. The third-order valence-electron chi connectivity index (χ3n) is 4.64. The Morgan fingerprint density at radius 2 is 2.17 bits per heavy atom. The highest BCUT2D eigenvalue weighted by Gasteiger charge is 2.26. The monoisotopic (exact) mass is 406 g/mol. The molecule has 2 atom stereocenters. The van der Waals surface area contributed by atoms with Gasteiger partial charge >= 0.3 is 0 Å². The maximum Gasteiger partial charge on any atom is 0.166 e. The SMILES string of the molecule is Cc1ncc(-c2cnn3c(N)c(Br)c(C4CCC[C@H](N)C4)nc23)s1. The van der Waals surface area contributed by atoms with Gasteiger partial charge in [0.1, 0.15) is 5.82 Å². The summed E-state index contributed by atoms with van der Waals surface area (Å²) in [5, 5.41) is 5.44. The molecule has 3 aromatic rings. The van der Waals surface area contributed by atoms with Crippen molar-refractivity contribution in [3.05, 3.63) is 27.6 Å². The van der Waals surface area contributed by atoms with Crippen molar-refractivity contribution in [2.24, 2.45) is 5.73 Å². The normalized spacial score (nSPS) is 21.5. The average Bonchev–Trinajstić information content (AvgIpc) is 3.16. The lowest BCUT2D eigenvalue weighted by Crippen LogP contribution is -2.27. The van der Waals surface area contributed by atoms with Gasteiger partial charge in [-0.15, -0.1) is 11.3 Å². The van der Waals surface area contributed by atoms with Crippen LogP contribution in [-0.4, -0.2) is 25.6 Å². The van der Waals surface area contributed by atoms with Gasteiger partial charge < -0.3 is 11.5 Å². The van der Waals surface area contributed by atoms with Crippen LogP contribution in [0.5, 0.6) is 0 Å². The zero-order chi connectivity index (χ0) is 16.8. The highest BCUT2D eigenvalue weighted by atomic mass is 79.9. The maximum absolute atomic E-state index is 6.33. The molecule has 1 saturated carbocycles. The molecule has 0 radical (unpaired) electrons. The Hall–Kier alpha value is -1.51. The molecular formula is C16H19BrN6S. The van der Waals surface area contributed by atoms with Crippen molar-refractivity contribution in [1.29, 1.82) is 0 Å². The van der Waals surface area contributed by atoms with E-state index < -0.39 is 0 Å². The van der Waals surface area contributed by atoms with Gasteiger partial charge in [-0.2, -0.15) is 9.61 Å². The van der Waals surface area contributed by atoms with Gasteiger partial charge in [0.25, 0.3) is 0 Å². The Bertz CT molecular complexity index is 901. The van der Waals surface area contributed by atoms with Crippen molar-refractivity contribution in [3.8, 4) is 10.4 Å². The molecule has 0 aromatic carbocycles. The number of thiazole rings is 1. The van der Waals surface area contributed by atoms with E-state index in [1.807, 2.05) is 19.3 Å². The van der Waals surface area contributed by atoms with E-state index in [1.54, 1.807) is 15.9 Å².